The van der Waals surface area contributed by atoms with Gasteiger partial charge < -0.3 is 4.90 Å². The molecule has 0 amide bonds. The van der Waals surface area contributed by atoms with Gasteiger partial charge in [0.05, 0.1) is 0 Å². The zero-order valence-electron chi connectivity index (χ0n) is 31.9. The summed E-state index contributed by atoms with van der Waals surface area (Å²) < 4.78 is 0. The molecule has 264 valence electrons. The van der Waals surface area contributed by atoms with Gasteiger partial charge in [-0.05, 0) is 140 Å². The second kappa shape index (κ2) is 12.5. The molecule has 0 aromatic heterocycles. The van der Waals surface area contributed by atoms with Crippen LogP contribution in [0.15, 0.2) is 158 Å². The topological polar surface area (TPSA) is 3.24 Å². The van der Waals surface area contributed by atoms with E-state index in [0.717, 1.165) is 0 Å². The highest BCUT2D eigenvalue weighted by Gasteiger charge is 2.38. The molecule has 0 unspecified atom stereocenters. The Labute approximate surface area is 321 Å². The van der Waals surface area contributed by atoms with Crippen molar-refractivity contribution in [2.45, 2.75) is 70.1 Å². The van der Waals surface area contributed by atoms with Crippen LogP contribution in [-0.2, 0) is 10.8 Å². The smallest absolute Gasteiger partial charge is 0.0467 e. The molecule has 10 rings (SSSR count). The molecule has 0 bridgehead atoms. The molecule has 0 spiro atoms. The fourth-order valence-corrected chi connectivity index (χ4v) is 10.0. The second-order valence-electron chi connectivity index (χ2n) is 16.9. The summed E-state index contributed by atoms with van der Waals surface area (Å²) in [7, 11) is 0. The van der Waals surface area contributed by atoms with Crippen LogP contribution in [0.3, 0.4) is 0 Å². The first kappa shape index (κ1) is 32.9. The molecule has 0 radical (unpaired) electrons. The van der Waals surface area contributed by atoms with E-state index in [1.165, 1.54) is 115 Å². The van der Waals surface area contributed by atoms with Crippen molar-refractivity contribution in [1.82, 2.24) is 0 Å². The molecule has 7 aromatic carbocycles. The summed E-state index contributed by atoms with van der Waals surface area (Å²) in [5, 5.41) is 0. The Kier molecular flexibility index (Phi) is 7.60. The molecule has 3 aliphatic rings. The van der Waals surface area contributed by atoms with Crippen molar-refractivity contribution < 1.29 is 0 Å². The molecule has 0 saturated heterocycles. The van der Waals surface area contributed by atoms with Crippen LogP contribution in [-0.4, -0.2) is 0 Å². The van der Waals surface area contributed by atoms with Gasteiger partial charge in [0.15, 0.2) is 0 Å². The molecule has 1 fully saturated rings. The summed E-state index contributed by atoms with van der Waals surface area (Å²) in [5.41, 5.74) is 20.9. The van der Waals surface area contributed by atoms with Crippen LogP contribution in [0, 0.1) is 0 Å². The Hall–Kier alpha value is -5.66. The lowest BCUT2D eigenvalue weighted by Gasteiger charge is -2.29. The summed E-state index contributed by atoms with van der Waals surface area (Å²) >= 11 is 0. The maximum Gasteiger partial charge on any atom is 0.0467 e. The van der Waals surface area contributed by atoms with Gasteiger partial charge in [0, 0.05) is 27.9 Å². The lowest BCUT2D eigenvalue weighted by molar-refractivity contribution is 0.660. The average Bonchev–Trinajstić information content (AvgIpc) is 3.89. The van der Waals surface area contributed by atoms with Gasteiger partial charge in [-0.15, -0.1) is 0 Å². The molecule has 0 N–H and O–H groups in total. The maximum absolute atomic E-state index is 2.46. The first-order valence-electron chi connectivity index (χ1n) is 19.9. The Balaban J connectivity index is 1.06. The second-order valence-corrected chi connectivity index (χ2v) is 16.9. The predicted octanol–water partition coefficient (Wildman–Crippen LogP) is 14.8. The molecular weight excluding hydrogens is 651 g/mol. The molecular formula is C53H47N. The van der Waals surface area contributed by atoms with Crippen molar-refractivity contribution in [3.05, 3.63) is 186 Å². The maximum atomic E-state index is 2.46. The third-order valence-corrected chi connectivity index (χ3v) is 13.0. The number of nitrogens with zero attached hydrogens (tertiary/aromatic N) is 1. The third kappa shape index (κ3) is 5.20. The minimum absolute atomic E-state index is 0.0209. The minimum Gasteiger partial charge on any atom is -0.310 e. The zero-order valence-corrected chi connectivity index (χ0v) is 31.9. The van der Waals surface area contributed by atoms with Crippen LogP contribution in [0.1, 0.15) is 87.1 Å². The fourth-order valence-electron chi connectivity index (χ4n) is 10.0. The van der Waals surface area contributed by atoms with Crippen LogP contribution in [0.4, 0.5) is 17.1 Å². The normalized spacial score (nSPS) is 16.1. The monoisotopic (exact) mass is 697 g/mol. The number of fused-ring (bicyclic) bond motifs is 6. The van der Waals surface area contributed by atoms with Crippen molar-refractivity contribution >= 4 is 17.1 Å². The Morgan fingerprint density at radius 1 is 0.389 bits per heavy atom. The third-order valence-electron chi connectivity index (χ3n) is 13.0. The average molecular weight is 698 g/mol. The number of benzene rings is 7. The molecule has 0 aliphatic heterocycles. The Morgan fingerprint density at radius 3 is 1.74 bits per heavy atom. The Morgan fingerprint density at radius 2 is 0.944 bits per heavy atom. The van der Waals surface area contributed by atoms with E-state index in [1.807, 2.05) is 0 Å². The molecule has 54 heavy (non-hydrogen) atoms. The van der Waals surface area contributed by atoms with Gasteiger partial charge in [-0.2, -0.15) is 0 Å². The van der Waals surface area contributed by atoms with Gasteiger partial charge in [0.2, 0.25) is 0 Å². The highest BCUT2D eigenvalue weighted by molar-refractivity contribution is 5.89. The lowest BCUT2D eigenvalue weighted by atomic mass is 9.81. The Bertz CT molecular complexity index is 2550. The highest BCUT2D eigenvalue weighted by atomic mass is 15.1. The summed E-state index contributed by atoms with van der Waals surface area (Å²) in [6.45, 7) is 9.53. The molecule has 0 atom stereocenters. The van der Waals surface area contributed by atoms with Crippen LogP contribution in [0.5, 0.6) is 0 Å². The minimum atomic E-state index is -0.134. The van der Waals surface area contributed by atoms with Crippen LogP contribution >= 0.6 is 0 Å². The van der Waals surface area contributed by atoms with E-state index < -0.39 is 0 Å². The van der Waals surface area contributed by atoms with Gasteiger partial charge in [0.1, 0.15) is 0 Å². The number of rotatable bonds is 6. The van der Waals surface area contributed by atoms with E-state index >= 15 is 0 Å². The molecule has 7 aromatic rings. The standard InChI is InChI=1S/C53H47N/c1-52(2)48-20-11-10-19-44(48)45-28-23-40(33-50(45)52)39-24-30-49-47(32-39)46-29-27-43(34-51(46)53(49,3)4)54(41-25-21-37(22-26-41)35-15-8-9-16-35)42-18-12-17-38(31-42)36-13-6-5-7-14-36/h5-7,10-14,17-35H,8-9,15-16H2,1-4H3. The SMILES string of the molecule is CC1(C)c2ccccc2-c2ccc(-c3ccc4c(c3)-c3ccc(N(c5ccc(C6CCCC6)cc5)c5cccc(-c6ccccc6)c5)cc3C4(C)C)cc21. The van der Waals surface area contributed by atoms with Crippen molar-refractivity contribution in [2.75, 3.05) is 4.90 Å². The number of hydrogen-bond acceptors (Lipinski definition) is 1. The predicted molar refractivity (Wildman–Crippen MR) is 228 cm³/mol. The largest absolute Gasteiger partial charge is 0.310 e. The lowest BCUT2D eigenvalue weighted by Crippen LogP contribution is -2.16. The van der Waals surface area contributed by atoms with E-state index in [1.54, 1.807) is 0 Å². The first-order chi connectivity index (χ1) is 26.3. The van der Waals surface area contributed by atoms with E-state index in [9.17, 15) is 0 Å². The van der Waals surface area contributed by atoms with Gasteiger partial charge in [-0.3, -0.25) is 0 Å². The van der Waals surface area contributed by atoms with E-state index in [2.05, 4.69) is 190 Å². The summed E-state index contributed by atoms with van der Waals surface area (Å²) in [5.74, 6) is 0.692. The molecule has 3 aliphatic carbocycles. The van der Waals surface area contributed by atoms with Crippen molar-refractivity contribution in [3.8, 4) is 44.5 Å². The van der Waals surface area contributed by atoms with Gasteiger partial charge >= 0.3 is 0 Å². The molecule has 1 heteroatoms. The quantitative estimate of drug-likeness (QED) is 0.167. The van der Waals surface area contributed by atoms with Crippen molar-refractivity contribution in [2.24, 2.45) is 0 Å². The zero-order chi connectivity index (χ0) is 36.6. The van der Waals surface area contributed by atoms with E-state index in [4.69, 9.17) is 0 Å². The summed E-state index contributed by atoms with van der Waals surface area (Å²) in [6.07, 6.45) is 5.31. The van der Waals surface area contributed by atoms with Gasteiger partial charge in [-0.25, -0.2) is 0 Å². The van der Waals surface area contributed by atoms with Crippen molar-refractivity contribution in [1.29, 1.82) is 0 Å². The molecule has 0 heterocycles. The number of hydrogen-bond donors (Lipinski definition) is 0. The number of anilines is 3. The van der Waals surface area contributed by atoms with E-state index in [0.29, 0.717) is 5.92 Å². The van der Waals surface area contributed by atoms with Crippen LogP contribution < -0.4 is 4.90 Å². The first-order valence-corrected chi connectivity index (χ1v) is 19.9. The molecule has 1 saturated carbocycles. The summed E-state index contributed by atoms with van der Waals surface area (Å²) in [6, 6.07) is 59.6. The van der Waals surface area contributed by atoms with E-state index in [-0.39, 0.29) is 10.8 Å². The summed E-state index contributed by atoms with van der Waals surface area (Å²) in [4.78, 5) is 2.46. The molecule has 1 nitrogen and oxygen atoms in total. The van der Waals surface area contributed by atoms with Crippen LogP contribution in [0.25, 0.3) is 44.5 Å². The van der Waals surface area contributed by atoms with Crippen molar-refractivity contribution in [3.63, 3.8) is 0 Å². The van der Waals surface area contributed by atoms with Gasteiger partial charge in [0.25, 0.3) is 0 Å². The van der Waals surface area contributed by atoms with Gasteiger partial charge in [-0.1, -0.05) is 150 Å². The highest BCUT2D eigenvalue weighted by Crippen LogP contribution is 2.53. The fraction of sp³-hybridized carbons (Fsp3) is 0.208. The van der Waals surface area contributed by atoms with Crippen LogP contribution in [0.2, 0.25) is 0 Å².